The Labute approximate surface area is 163 Å². The van der Waals surface area contributed by atoms with Gasteiger partial charge >= 0.3 is 0 Å². The van der Waals surface area contributed by atoms with Crippen LogP contribution in [0.5, 0.6) is 0 Å². The van der Waals surface area contributed by atoms with E-state index in [-0.39, 0.29) is 17.7 Å². The monoisotopic (exact) mass is 401 g/mol. The summed E-state index contributed by atoms with van der Waals surface area (Å²) in [6.07, 6.45) is 4.78. The van der Waals surface area contributed by atoms with Crippen molar-refractivity contribution >= 4 is 34.8 Å². The van der Waals surface area contributed by atoms with Crippen molar-refractivity contribution in [2.75, 3.05) is 11.8 Å². The van der Waals surface area contributed by atoms with Crippen LogP contribution >= 0.6 is 34.8 Å². The standard InChI is InChI=1S/C18H22Cl3N3O/c1-17(9-19)15(8-24-12-22-11-23-24)7-14(18(17,25)10-20)6-13-2-4-16(21)5-3-13/h2-5,11-12,14-15,25H,6-10H2,1H3/t14-,15?,17+,18-/m1/s1. The van der Waals surface area contributed by atoms with Gasteiger partial charge in [-0.1, -0.05) is 30.7 Å². The maximum absolute atomic E-state index is 11.5. The number of benzene rings is 1. The van der Waals surface area contributed by atoms with Crippen molar-refractivity contribution in [1.29, 1.82) is 0 Å². The molecule has 1 unspecified atom stereocenters. The Balaban J connectivity index is 1.88. The summed E-state index contributed by atoms with van der Waals surface area (Å²) in [6, 6.07) is 7.75. The van der Waals surface area contributed by atoms with Crippen LogP contribution in [0, 0.1) is 17.3 Å². The third-order valence-electron chi connectivity index (χ3n) is 5.89. The Kier molecular flexibility index (Phi) is 5.64. The number of hydrogen-bond acceptors (Lipinski definition) is 3. The maximum Gasteiger partial charge on any atom is 0.137 e. The Bertz CT molecular complexity index is 694. The van der Waals surface area contributed by atoms with Gasteiger partial charge in [0.2, 0.25) is 0 Å². The maximum atomic E-state index is 11.5. The highest BCUT2D eigenvalue weighted by Crippen LogP contribution is 2.56. The quantitative estimate of drug-likeness (QED) is 0.742. The van der Waals surface area contributed by atoms with E-state index >= 15 is 0 Å². The van der Waals surface area contributed by atoms with Crippen LogP contribution in [0.2, 0.25) is 5.02 Å². The first-order valence-corrected chi connectivity index (χ1v) is 9.79. The lowest BCUT2D eigenvalue weighted by molar-refractivity contribution is -0.0671. The minimum atomic E-state index is -1.04. The van der Waals surface area contributed by atoms with E-state index in [0.29, 0.717) is 17.4 Å². The van der Waals surface area contributed by atoms with E-state index in [0.717, 1.165) is 18.4 Å². The lowest BCUT2D eigenvalue weighted by atomic mass is 9.70. The molecule has 1 aromatic heterocycles. The van der Waals surface area contributed by atoms with Gasteiger partial charge in [-0.3, -0.25) is 4.68 Å². The summed E-state index contributed by atoms with van der Waals surface area (Å²) in [5.74, 6) is 0.672. The Morgan fingerprint density at radius 2 is 1.92 bits per heavy atom. The van der Waals surface area contributed by atoms with E-state index in [1.165, 1.54) is 6.33 Å². The zero-order valence-corrected chi connectivity index (χ0v) is 16.3. The van der Waals surface area contributed by atoms with Crippen LogP contribution in [-0.2, 0) is 13.0 Å². The average molecular weight is 403 g/mol. The summed E-state index contributed by atoms with van der Waals surface area (Å²) in [5.41, 5.74) is -0.406. The van der Waals surface area contributed by atoms with Crippen LogP contribution in [0.4, 0.5) is 0 Å². The summed E-state index contributed by atoms with van der Waals surface area (Å²) in [7, 11) is 0. The average Bonchev–Trinajstić information content (AvgIpc) is 3.19. The van der Waals surface area contributed by atoms with Crippen LogP contribution in [0.25, 0.3) is 0 Å². The number of halogens is 3. The van der Waals surface area contributed by atoms with Gasteiger partial charge < -0.3 is 5.11 Å². The Hall–Kier alpha value is -0.810. The van der Waals surface area contributed by atoms with E-state index in [4.69, 9.17) is 34.8 Å². The van der Waals surface area contributed by atoms with Crippen LogP contribution in [-0.4, -0.2) is 37.2 Å². The summed E-state index contributed by atoms with van der Waals surface area (Å²) < 4.78 is 1.80. The minimum absolute atomic E-state index is 0.0171. The summed E-state index contributed by atoms with van der Waals surface area (Å²) >= 11 is 18.6. The smallest absolute Gasteiger partial charge is 0.137 e. The van der Waals surface area contributed by atoms with Gasteiger partial charge in [0.1, 0.15) is 12.7 Å². The molecule has 0 aliphatic heterocycles. The number of alkyl halides is 2. The second-order valence-electron chi connectivity index (χ2n) is 7.19. The van der Waals surface area contributed by atoms with E-state index < -0.39 is 11.0 Å². The first-order valence-electron chi connectivity index (χ1n) is 8.34. The van der Waals surface area contributed by atoms with Crippen LogP contribution < -0.4 is 0 Å². The number of rotatable bonds is 6. The van der Waals surface area contributed by atoms with Crippen molar-refractivity contribution < 1.29 is 5.11 Å². The van der Waals surface area contributed by atoms with E-state index in [9.17, 15) is 5.11 Å². The van der Waals surface area contributed by atoms with Crippen molar-refractivity contribution in [3.05, 3.63) is 47.5 Å². The second-order valence-corrected chi connectivity index (χ2v) is 8.16. The Morgan fingerprint density at radius 1 is 1.20 bits per heavy atom. The van der Waals surface area contributed by atoms with E-state index in [2.05, 4.69) is 10.1 Å². The van der Waals surface area contributed by atoms with Crippen LogP contribution in [0.15, 0.2) is 36.9 Å². The molecule has 7 heteroatoms. The molecular weight excluding hydrogens is 381 g/mol. The molecule has 4 atom stereocenters. The topological polar surface area (TPSA) is 50.9 Å². The Morgan fingerprint density at radius 3 is 2.48 bits per heavy atom. The molecule has 1 aliphatic carbocycles. The summed E-state index contributed by atoms with van der Waals surface area (Å²) in [4.78, 5) is 4.01. The number of nitrogens with zero attached hydrogens (tertiary/aromatic N) is 3. The second kappa shape index (κ2) is 7.43. The van der Waals surface area contributed by atoms with Gasteiger partial charge in [0.15, 0.2) is 0 Å². The van der Waals surface area contributed by atoms with Crippen molar-refractivity contribution in [2.24, 2.45) is 17.3 Å². The van der Waals surface area contributed by atoms with Gasteiger partial charge in [0, 0.05) is 22.9 Å². The minimum Gasteiger partial charge on any atom is -0.388 e. The molecule has 0 amide bonds. The lowest BCUT2D eigenvalue weighted by Gasteiger charge is -2.43. The molecule has 1 heterocycles. The van der Waals surface area contributed by atoms with Gasteiger partial charge in [-0.15, -0.1) is 23.2 Å². The zero-order valence-electron chi connectivity index (χ0n) is 14.1. The fourth-order valence-corrected chi connectivity index (χ4v) is 5.19. The molecule has 0 spiro atoms. The third-order valence-corrected chi connectivity index (χ3v) is 7.10. The van der Waals surface area contributed by atoms with E-state index in [1.807, 2.05) is 31.2 Å². The van der Waals surface area contributed by atoms with Crippen molar-refractivity contribution in [1.82, 2.24) is 14.8 Å². The predicted molar refractivity (Wildman–Crippen MR) is 101 cm³/mol. The molecule has 1 aliphatic rings. The molecule has 2 aromatic rings. The molecule has 1 N–H and O–H groups in total. The van der Waals surface area contributed by atoms with Gasteiger partial charge in [-0.2, -0.15) is 5.10 Å². The largest absolute Gasteiger partial charge is 0.388 e. The highest BCUT2D eigenvalue weighted by atomic mass is 35.5. The highest BCUT2D eigenvalue weighted by molar-refractivity contribution is 6.30. The number of aliphatic hydroxyl groups is 1. The molecule has 136 valence electrons. The molecule has 1 aromatic carbocycles. The van der Waals surface area contributed by atoms with Gasteiger partial charge in [-0.25, -0.2) is 4.98 Å². The van der Waals surface area contributed by atoms with Gasteiger partial charge in [-0.05, 0) is 42.4 Å². The molecule has 0 bridgehead atoms. The first-order chi connectivity index (χ1) is 11.9. The predicted octanol–water partition coefficient (Wildman–Crippen LogP) is 4.03. The molecule has 1 saturated carbocycles. The van der Waals surface area contributed by atoms with E-state index in [1.54, 1.807) is 11.0 Å². The highest BCUT2D eigenvalue weighted by Gasteiger charge is 2.60. The molecular formula is C18H22Cl3N3O. The van der Waals surface area contributed by atoms with Crippen LogP contribution in [0.1, 0.15) is 18.9 Å². The first kappa shape index (κ1) is 19.0. The van der Waals surface area contributed by atoms with Crippen LogP contribution in [0.3, 0.4) is 0 Å². The SMILES string of the molecule is C[C@]1(CCl)C(Cn2cncn2)C[C@@H](Cc2ccc(Cl)cc2)[C@]1(O)CCl. The van der Waals surface area contributed by atoms with Crippen molar-refractivity contribution in [2.45, 2.75) is 31.9 Å². The fraction of sp³-hybridized carbons (Fsp3) is 0.556. The lowest BCUT2D eigenvalue weighted by Crippen LogP contribution is -2.52. The van der Waals surface area contributed by atoms with Gasteiger partial charge in [0.05, 0.1) is 11.5 Å². The van der Waals surface area contributed by atoms with Crippen molar-refractivity contribution in [3.63, 3.8) is 0 Å². The number of hydrogen-bond donors (Lipinski definition) is 1. The molecule has 3 rings (SSSR count). The summed E-state index contributed by atoms with van der Waals surface area (Å²) in [6.45, 7) is 2.70. The van der Waals surface area contributed by atoms with Gasteiger partial charge in [0.25, 0.3) is 0 Å². The summed E-state index contributed by atoms with van der Waals surface area (Å²) in [5, 5.41) is 16.4. The third kappa shape index (κ3) is 3.42. The fourth-order valence-electron chi connectivity index (χ4n) is 4.09. The number of aromatic nitrogens is 3. The molecule has 1 fully saturated rings. The van der Waals surface area contributed by atoms with Crippen molar-refractivity contribution in [3.8, 4) is 0 Å². The molecule has 0 saturated heterocycles. The molecule has 0 radical (unpaired) electrons. The zero-order chi connectivity index (χ0) is 18.1. The molecule has 25 heavy (non-hydrogen) atoms. The normalized spacial score (nSPS) is 32.2. The molecule has 4 nitrogen and oxygen atoms in total.